The van der Waals surface area contributed by atoms with Crippen molar-refractivity contribution >= 4 is 0 Å². The molecule has 0 heterocycles. The molecule has 0 aromatic carbocycles. The van der Waals surface area contributed by atoms with Crippen molar-refractivity contribution in [1.82, 2.24) is 0 Å². The fraction of sp³-hybridized carbons (Fsp3) is 0.733. The van der Waals surface area contributed by atoms with Gasteiger partial charge in [0.15, 0.2) is 0 Å². The predicted molar refractivity (Wildman–Crippen MR) is 65.9 cm³/mol. The van der Waals surface area contributed by atoms with E-state index in [4.69, 9.17) is 0 Å². The fourth-order valence-corrected chi connectivity index (χ4v) is 4.05. The van der Waals surface area contributed by atoms with Gasteiger partial charge < -0.3 is 5.11 Å². The minimum atomic E-state index is -0.207. The maximum Gasteiger partial charge on any atom is 0.0572 e. The van der Waals surface area contributed by atoms with Crippen LogP contribution in [0, 0.1) is 29.6 Å². The van der Waals surface area contributed by atoms with Crippen molar-refractivity contribution in [1.29, 1.82) is 0 Å². The third kappa shape index (κ3) is 1.48. The Bertz CT molecular complexity index is 339. The van der Waals surface area contributed by atoms with Crippen LogP contribution in [0.4, 0.5) is 0 Å². The van der Waals surface area contributed by atoms with Gasteiger partial charge in [0.05, 0.1) is 6.10 Å². The highest BCUT2D eigenvalue weighted by Gasteiger charge is 2.49. The van der Waals surface area contributed by atoms with Crippen molar-refractivity contribution in [3.8, 4) is 0 Å². The van der Waals surface area contributed by atoms with Gasteiger partial charge in [-0.05, 0) is 55.8 Å². The molecule has 3 rings (SSSR count). The lowest BCUT2D eigenvalue weighted by Gasteiger charge is -2.27. The number of allylic oxidation sites excluding steroid dienone is 3. The molecule has 0 saturated heterocycles. The van der Waals surface area contributed by atoms with Crippen molar-refractivity contribution in [3.05, 3.63) is 23.8 Å². The first-order chi connectivity index (χ1) is 7.66. The van der Waals surface area contributed by atoms with Gasteiger partial charge in [0.25, 0.3) is 0 Å². The Labute approximate surface area is 98.2 Å². The highest BCUT2D eigenvalue weighted by atomic mass is 16.3. The van der Waals surface area contributed by atoms with Crippen LogP contribution in [0.1, 0.15) is 33.1 Å². The van der Waals surface area contributed by atoms with E-state index in [9.17, 15) is 5.11 Å². The summed E-state index contributed by atoms with van der Waals surface area (Å²) in [6, 6.07) is 0. The molecule has 0 aromatic heterocycles. The topological polar surface area (TPSA) is 20.2 Å². The molecular weight excluding hydrogens is 196 g/mol. The standard InChI is InChI=1S/C15H22O/c1-9(10(2)16)6-11-7-12-8-15(11)14-5-3-4-13(12)14/h3,5-6,9-10,12-16H,4,7-8H2,1-2H3/t9-,10+,12?,13+,14+,15?/m0/s1. The summed E-state index contributed by atoms with van der Waals surface area (Å²) in [5.74, 6) is 3.88. The lowest BCUT2D eigenvalue weighted by Crippen LogP contribution is -2.20. The van der Waals surface area contributed by atoms with Gasteiger partial charge in [-0.25, -0.2) is 0 Å². The molecule has 88 valence electrons. The van der Waals surface area contributed by atoms with Gasteiger partial charge in [-0.2, -0.15) is 0 Å². The summed E-state index contributed by atoms with van der Waals surface area (Å²) in [6.07, 6.45) is 11.0. The Kier molecular flexibility index (Phi) is 2.47. The minimum Gasteiger partial charge on any atom is -0.393 e. The third-order valence-corrected chi connectivity index (χ3v) is 5.10. The molecule has 1 N–H and O–H groups in total. The number of aliphatic hydroxyl groups is 1. The first-order valence-corrected chi connectivity index (χ1v) is 6.72. The average molecular weight is 218 g/mol. The van der Waals surface area contributed by atoms with E-state index in [2.05, 4.69) is 25.2 Å². The molecule has 0 spiro atoms. The minimum absolute atomic E-state index is 0.207. The van der Waals surface area contributed by atoms with Gasteiger partial charge in [0.2, 0.25) is 0 Å². The average Bonchev–Trinajstić information content (AvgIpc) is 2.87. The summed E-state index contributed by atoms with van der Waals surface area (Å²) < 4.78 is 0. The highest BCUT2D eigenvalue weighted by molar-refractivity contribution is 5.27. The van der Waals surface area contributed by atoms with Crippen LogP contribution in [-0.4, -0.2) is 11.2 Å². The lowest BCUT2D eigenvalue weighted by molar-refractivity contribution is 0.156. The van der Waals surface area contributed by atoms with E-state index in [1.165, 1.54) is 19.3 Å². The Morgan fingerprint density at radius 1 is 1.44 bits per heavy atom. The largest absolute Gasteiger partial charge is 0.393 e. The second kappa shape index (κ2) is 3.73. The number of hydrogen-bond donors (Lipinski definition) is 1. The Morgan fingerprint density at radius 3 is 3.00 bits per heavy atom. The third-order valence-electron chi connectivity index (χ3n) is 5.10. The van der Waals surface area contributed by atoms with Crippen LogP contribution in [0.5, 0.6) is 0 Å². The molecule has 1 heteroatoms. The zero-order valence-corrected chi connectivity index (χ0v) is 10.3. The molecule has 2 bridgehead atoms. The van der Waals surface area contributed by atoms with Crippen LogP contribution in [0.15, 0.2) is 23.8 Å². The predicted octanol–water partition coefficient (Wildman–Crippen LogP) is 3.16. The molecular formula is C15H22O. The SMILES string of the molecule is C[C@@H](O)[C@@H](C)C=C1CC2CC1[C@@H]1C=CC[C@H]21. The van der Waals surface area contributed by atoms with Gasteiger partial charge in [0, 0.05) is 0 Å². The molecule has 16 heavy (non-hydrogen) atoms. The summed E-state index contributed by atoms with van der Waals surface area (Å²) in [6.45, 7) is 4.03. The van der Waals surface area contributed by atoms with Gasteiger partial charge in [-0.1, -0.05) is 30.7 Å². The number of hydrogen-bond acceptors (Lipinski definition) is 1. The lowest BCUT2D eigenvalue weighted by atomic mass is 9.78. The van der Waals surface area contributed by atoms with Gasteiger partial charge in [-0.15, -0.1) is 0 Å². The van der Waals surface area contributed by atoms with Crippen molar-refractivity contribution in [3.63, 3.8) is 0 Å². The Hall–Kier alpha value is -0.560. The molecule has 0 radical (unpaired) electrons. The van der Waals surface area contributed by atoms with Crippen molar-refractivity contribution < 1.29 is 5.11 Å². The van der Waals surface area contributed by atoms with E-state index in [1.807, 2.05) is 6.92 Å². The molecule has 0 amide bonds. The van der Waals surface area contributed by atoms with E-state index < -0.39 is 0 Å². The van der Waals surface area contributed by atoms with E-state index in [-0.39, 0.29) is 6.10 Å². The Morgan fingerprint density at radius 2 is 2.25 bits per heavy atom. The maximum absolute atomic E-state index is 9.58. The molecule has 3 aliphatic rings. The fourth-order valence-electron chi connectivity index (χ4n) is 4.05. The van der Waals surface area contributed by atoms with Crippen LogP contribution >= 0.6 is 0 Å². The Balaban J connectivity index is 1.79. The first kappa shape index (κ1) is 10.6. The van der Waals surface area contributed by atoms with Gasteiger partial charge in [-0.3, -0.25) is 0 Å². The molecule has 2 fully saturated rings. The van der Waals surface area contributed by atoms with E-state index in [1.54, 1.807) is 5.57 Å². The van der Waals surface area contributed by atoms with Crippen molar-refractivity contribution in [2.45, 2.75) is 39.2 Å². The molecule has 0 aliphatic heterocycles. The monoisotopic (exact) mass is 218 g/mol. The summed E-state index contributed by atoms with van der Waals surface area (Å²) in [4.78, 5) is 0. The zero-order valence-electron chi connectivity index (χ0n) is 10.3. The van der Waals surface area contributed by atoms with Crippen LogP contribution in [0.3, 0.4) is 0 Å². The van der Waals surface area contributed by atoms with E-state index in [0.29, 0.717) is 5.92 Å². The molecule has 2 saturated carbocycles. The van der Waals surface area contributed by atoms with Crippen molar-refractivity contribution in [2.24, 2.45) is 29.6 Å². The summed E-state index contributed by atoms with van der Waals surface area (Å²) >= 11 is 0. The van der Waals surface area contributed by atoms with Crippen LogP contribution in [0.2, 0.25) is 0 Å². The molecule has 1 nitrogen and oxygen atoms in total. The van der Waals surface area contributed by atoms with Crippen LogP contribution in [0.25, 0.3) is 0 Å². The quantitative estimate of drug-likeness (QED) is 0.706. The van der Waals surface area contributed by atoms with E-state index in [0.717, 1.165) is 23.7 Å². The van der Waals surface area contributed by atoms with Gasteiger partial charge >= 0.3 is 0 Å². The highest BCUT2D eigenvalue weighted by Crippen LogP contribution is 2.58. The number of fused-ring (bicyclic) bond motifs is 5. The van der Waals surface area contributed by atoms with Crippen LogP contribution < -0.4 is 0 Å². The second-order valence-electron chi connectivity index (χ2n) is 6.05. The summed E-state index contributed by atoms with van der Waals surface area (Å²) in [7, 11) is 0. The number of rotatable bonds is 2. The maximum atomic E-state index is 9.58. The number of aliphatic hydroxyl groups excluding tert-OH is 1. The van der Waals surface area contributed by atoms with Crippen LogP contribution in [-0.2, 0) is 0 Å². The molecule has 6 atom stereocenters. The summed E-state index contributed by atoms with van der Waals surface area (Å²) in [5, 5.41) is 9.58. The first-order valence-electron chi connectivity index (χ1n) is 6.72. The normalized spacial score (nSPS) is 46.3. The zero-order chi connectivity index (χ0) is 11.3. The molecule has 0 aromatic rings. The van der Waals surface area contributed by atoms with Gasteiger partial charge in [0.1, 0.15) is 0 Å². The smallest absolute Gasteiger partial charge is 0.0572 e. The summed E-state index contributed by atoms with van der Waals surface area (Å²) in [5.41, 5.74) is 1.64. The molecule has 3 aliphatic carbocycles. The van der Waals surface area contributed by atoms with E-state index >= 15 is 0 Å². The van der Waals surface area contributed by atoms with Crippen molar-refractivity contribution in [2.75, 3.05) is 0 Å². The second-order valence-corrected chi connectivity index (χ2v) is 6.05. The molecule has 2 unspecified atom stereocenters.